The number of ether oxygens (including phenoxy) is 1. The molecule has 4 heteroatoms. The van der Waals surface area contributed by atoms with Crippen LogP contribution in [0, 0.1) is 0 Å². The zero-order valence-electron chi connectivity index (χ0n) is 10.2. The van der Waals surface area contributed by atoms with E-state index in [1.165, 1.54) is 6.07 Å². The molecule has 0 fully saturated rings. The number of hydrogen-bond acceptors (Lipinski definition) is 4. The summed E-state index contributed by atoms with van der Waals surface area (Å²) < 4.78 is 10.8. The Hall–Kier alpha value is -1.97. The SMILES string of the molecule is CCN(C)c1cc(=O)c2ccc(OC)cc2o1. The van der Waals surface area contributed by atoms with Crippen molar-refractivity contribution in [1.82, 2.24) is 0 Å². The lowest BCUT2D eigenvalue weighted by atomic mass is 10.2. The van der Waals surface area contributed by atoms with E-state index >= 15 is 0 Å². The fourth-order valence-corrected chi connectivity index (χ4v) is 1.59. The normalized spacial score (nSPS) is 10.5. The van der Waals surface area contributed by atoms with Gasteiger partial charge in [0.15, 0.2) is 11.3 Å². The molecule has 17 heavy (non-hydrogen) atoms. The van der Waals surface area contributed by atoms with E-state index in [0.29, 0.717) is 22.6 Å². The molecule has 0 aliphatic rings. The molecule has 0 spiro atoms. The first-order valence-corrected chi connectivity index (χ1v) is 5.48. The standard InChI is InChI=1S/C13H15NO3/c1-4-14(2)13-8-11(15)10-6-5-9(16-3)7-12(10)17-13/h5-8H,4H2,1-3H3. The molecule has 0 radical (unpaired) electrons. The van der Waals surface area contributed by atoms with E-state index in [0.717, 1.165) is 6.54 Å². The lowest BCUT2D eigenvalue weighted by Crippen LogP contribution is -2.17. The molecule has 0 aliphatic heterocycles. The zero-order valence-corrected chi connectivity index (χ0v) is 10.2. The topological polar surface area (TPSA) is 42.7 Å². The Kier molecular flexibility index (Phi) is 3.04. The van der Waals surface area contributed by atoms with Crippen LogP contribution in [-0.4, -0.2) is 20.7 Å². The van der Waals surface area contributed by atoms with Crippen molar-refractivity contribution in [2.45, 2.75) is 6.92 Å². The first-order valence-electron chi connectivity index (χ1n) is 5.48. The summed E-state index contributed by atoms with van der Waals surface area (Å²) in [5.41, 5.74) is 0.511. The van der Waals surface area contributed by atoms with Gasteiger partial charge in [-0.1, -0.05) is 0 Å². The minimum absolute atomic E-state index is 0.0378. The second-order valence-electron chi connectivity index (χ2n) is 3.83. The van der Waals surface area contributed by atoms with E-state index < -0.39 is 0 Å². The smallest absolute Gasteiger partial charge is 0.199 e. The number of nitrogens with zero attached hydrogens (tertiary/aromatic N) is 1. The van der Waals surface area contributed by atoms with Crippen LogP contribution in [0.4, 0.5) is 5.88 Å². The lowest BCUT2D eigenvalue weighted by molar-refractivity contribution is 0.414. The quantitative estimate of drug-likeness (QED) is 0.815. The average Bonchev–Trinajstić information content (AvgIpc) is 2.36. The van der Waals surface area contributed by atoms with Gasteiger partial charge in [-0.05, 0) is 19.1 Å². The molecule has 0 N–H and O–H groups in total. The summed E-state index contributed by atoms with van der Waals surface area (Å²) in [5, 5.41) is 0.569. The van der Waals surface area contributed by atoms with Crippen LogP contribution in [0.5, 0.6) is 5.75 Å². The number of fused-ring (bicyclic) bond motifs is 1. The van der Waals surface area contributed by atoms with E-state index in [4.69, 9.17) is 9.15 Å². The molecule has 90 valence electrons. The van der Waals surface area contributed by atoms with Crippen LogP contribution < -0.4 is 15.1 Å². The van der Waals surface area contributed by atoms with Crippen molar-refractivity contribution in [1.29, 1.82) is 0 Å². The van der Waals surface area contributed by atoms with Crippen LogP contribution >= 0.6 is 0 Å². The summed E-state index contributed by atoms with van der Waals surface area (Å²) in [6, 6.07) is 6.71. The van der Waals surface area contributed by atoms with E-state index in [-0.39, 0.29) is 5.43 Å². The monoisotopic (exact) mass is 233 g/mol. The number of benzene rings is 1. The van der Waals surface area contributed by atoms with Gasteiger partial charge in [-0.3, -0.25) is 4.79 Å². The Labute approximate surface area is 99.4 Å². The molecule has 2 rings (SSSR count). The summed E-state index contributed by atoms with van der Waals surface area (Å²) in [6.07, 6.45) is 0. The van der Waals surface area contributed by atoms with Crippen molar-refractivity contribution in [2.75, 3.05) is 25.6 Å². The van der Waals surface area contributed by atoms with Crippen LogP contribution in [0.1, 0.15) is 6.92 Å². The van der Waals surface area contributed by atoms with Gasteiger partial charge in [0, 0.05) is 25.7 Å². The summed E-state index contributed by atoms with van der Waals surface area (Å²) in [5.74, 6) is 1.25. The van der Waals surface area contributed by atoms with Gasteiger partial charge < -0.3 is 14.1 Å². The third-order valence-corrected chi connectivity index (χ3v) is 2.77. The van der Waals surface area contributed by atoms with Gasteiger partial charge >= 0.3 is 0 Å². The number of rotatable bonds is 3. The molecular weight excluding hydrogens is 218 g/mol. The molecule has 1 aromatic carbocycles. The lowest BCUT2D eigenvalue weighted by Gasteiger charge is -2.15. The Morgan fingerprint density at radius 1 is 1.35 bits per heavy atom. The Bertz CT molecular complexity index is 589. The van der Waals surface area contributed by atoms with Gasteiger partial charge in [-0.15, -0.1) is 0 Å². The molecule has 0 unspecified atom stereocenters. The van der Waals surface area contributed by atoms with E-state index in [2.05, 4.69) is 0 Å². The Morgan fingerprint density at radius 2 is 2.12 bits per heavy atom. The highest BCUT2D eigenvalue weighted by Crippen LogP contribution is 2.22. The van der Waals surface area contributed by atoms with Crippen LogP contribution in [0.2, 0.25) is 0 Å². The second-order valence-corrected chi connectivity index (χ2v) is 3.83. The van der Waals surface area contributed by atoms with Gasteiger partial charge in [0.25, 0.3) is 0 Å². The molecule has 0 amide bonds. The maximum atomic E-state index is 11.9. The van der Waals surface area contributed by atoms with Gasteiger partial charge in [0.1, 0.15) is 11.3 Å². The number of methoxy groups -OCH3 is 1. The van der Waals surface area contributed by atoms with Crippen LogP contribution in [0.3, 0.4) is 0 Å². The molecule has 2 aromatic rings. The molecule has 1 heterocycles. The third kappa shape index (κ3) is 2.11. The number of anilines is 1. The highest BCUT2D eigenvalue weighted by atomic mass is 16.5. The first kappa shape index (κ1) is 11.5. The van der Waals surface area contributed by atoms with Gasteiger partial charge in [0.05, 0.1) is 12.5 Å². The molecular formula is C13H15NO3. The molecule has 1 aromatic heterocycles. The van der Waals surface area contributed by atoms with E-state index in [1.807, 2.05) is 18.9 Å². The van der Waals surface area contributed by atoms with Crippen LogP contribution in [0.25, 0.3) is 11.0 Å². The van der Waals surface area contributed by atoms with E-state index in [1.54, 1.807) is 25.3 Å². The summed E-state index contributed by atoms with van der Waals surface area (Å²) in [6.45, 7) is 2.77. The van der Waals surface area contributed by atoms with Crippen molar-refractivity contribution >= 4 is 16.9 Å². The largest absolute Gasteiger partial charge is 0.497 e. The van der Waals surface area contributed by atoms with Crippen molar-refractivity contribution in [3.05, 3.63) is 34.5 Å². The molecule has 0 saturated carbocycles. The molecule has 0 bridgehead atoms. The van der Waals surface area contributed by atoms with Crippen molar-refractivity contribution < 1.29 is 9.15 Å². The van der Waals surface area contributed by atoms with E-state index in [9.17, 15) is 4.79 Å². The predicted molar refractivity (Wildman–Crippen MR) is 68.0 cm³/mol. The second kappa shape index (κ2) is 4.49. The highest BCUT2D eigenvalue weighted by Gasteiger charge is 2.08. The maximum absolute atomic E-state index is 11.9. The molecule has 0 saturated heterocycles. The van der Waals surface area contributed by atoms with Crippen molar-refractivity contribution in [2.24, 2.45) is 0 Å². The van der Waals surface area contributed by atoms with Gasteiger partial charge in [-0.2, -0.15) is 0 Å². The van der Waals surface area contributed by atoms with Gasteiger partial charge in [0.2, 0.25) is 0 Å². The minimum Gasteiger partial charge on any atom is -0.497 e. The third-order valence-electron chi connectivity index (χ3n) is 2.77. The summed E-state index contributed by atoms with van der Waals surface area (Å²) in [4.78, 5) is 13.8. The highest BCUT2D eigenvalue weighted by molar-refractivity contribution is 5.79. The Balaban J connectivity index is 2.65. The maximum Gasteiger partial charge on any atom is 0.199 e. The summed E-state index contributed by atoms with van der Waals surface area (Å²) >= 11 is 0. The van der Waals surface area contributed by atoms with Crippen LogP contribution in [0.15, 0.2) is 33.5 Å². The van der Waals surface area contributed by atoms with Gasteiger partial charge in [-0.25, -0.2) is 0 Å². The predicted octanol–water partition coefficient (Wildman–Crippen LogP) is 2.26. The molecule has 0 atom stereocenters. The fourth-order valence-electron chi connectivity index (χ4n) is 1.59. The fraction of sp³-hybridized carbons (Fsp3) is 0.308. The van der Waals surface area contributed by atoms with Crippen molar-refractivity contribution in [3.63, 3.8) is 0 Å². The molecule has 0 aliphatic carbocycles. The first-order chi connectivity index (χ1) is 8.15. The van der Waals surface area contributed by atoms with Crippen LogP contribution in [-0.2, 0) is 0 Å². The van der Waals surface area contributed by atoms with Crippen molar-refractivity contribution in [3.8, 4) is 5.75 Å². The summed E-state index contributed by atoms with van der Waals surface area (Å²) in [7, 11) is 3.46. The minimum atomic E-state index is -0.0378. The number of hydrogen-bond donors (Lipinski definition) is 0. The average molecular weight is 233 g/mol. The zero-order chi connectivity index (χ0) is 12.4. The molecule has 4 nitrogen and oxygen atoms in total. The Morgan fingerprint density at radius 3 is 2.76 bits per heavy atom.